The second-order valence-electron chi connectivity index (χ2n) is 5.02. The largest absolute Gasteiger partial charge is 0.329 e. The zero-order valence-corrected chi connectivity index (χ0v) is 11.2. The Morgan fingerprint density at radius 3 is 2.67 bits per heavy atom. The number of hydrogen-bond donors (Lipinski definition) is 1. The molecule has 0 aliphatic carbocycles. The molecule has 1 unspecified atom stereocenters. The summed E-state index contributed by atoms with van der Waals surface area (Å²) in [6.45, 7) is 7.00. The fraction of sp³-hybridized carbons (Fsp3) is 0.429. The summed E-state index contributed by atoms with van der Waals surface area (Å²) in [5.41, 5.74) is 9.45. The van der Waals surface area contributed by atoms with Gasteiger partial charge in [0.05, 0.1) is 18.6 Å². The zero-order chi connectivity index (χ0) is 13.1. The van der Waals surface area contributed by atoms with E-state index in [4.69, 9.17) is 5.73 Å². The Morgan fingerprint density at radius 1 is 1.28 bits per heavy atom. The molecule has 2 N–H and O–H groups in total. The molecule has 2 aromatic heterocycles. The van der Waals surface area contributed by atoms with Crippen molar-refractivity contribution in [2.75, 3.05) is 0 Å². The monoisotopic (exact) mass is 244 g/mol. The van der Waals surface area contributed by atoms with Crippen LogP contribution >= 0.6 is 0 Å². The summed E-state index contributed by atoms with van der Waals surface area (Å²) in [5.74, 6) is 0.400. The Hall–Kier alpha value is -1.68. The lowest BCUT2D eigenvalue weighted by Gasteiger charge is -2.17. The van der Waals surface area contributed by atoms with E-state index in [2.05, 4.69) is 34.4 Å². The Morgan fingerprint density at radius 2 is 2.06 bits per heavy atom. The van der Waals surface area contributed by atoms with Crippen molar-refractivity contribution in [2.45, 2.75) is 33.4 Å². The first-order valence-electron chi connectivity index (χ1n) is 6.25. The van der Waals surface area contributed by atoms with Gasteiger partial charge in [0.2, 0.25) is 0 Å². The average Bonchev–Trinajstić information content (AvgIpc) is 2.79. The lowest BCUT2D eigenvalue weighted by molar-refractivity contribution is 0.484. The predicted molar refractivity (Wildman–Crippen MR) is 72.1 cm³/mol. The SMILES string of the molecule is Cc1ccc(Cn2cncc2C(N)C(C)C)cn1. The summed E-state index contributed by atoms with van der Waals surface area (Å²) in [6, 6.07) is 4.13. The number of nitrogens with zero attached hydrogens (tertiary/aromatic N) is 3. The van der Waals surface area contributed by atoms with Crippen LogP contribution in [0.25, 0.3) is 0 Å². The van der Waals surface area contributed by atoms with Crippen LogP contribution in [0.5, 0.6) is 0 Å². The highest BCUT2D eigenvalue weighted by molar-refractivity contribution is 5.15. The van der Waals surface area contributed by atoms with E-state index in [9.17, 15) is 0 Å². The van der Waals surface area contributed by atoms with Crippen molar-refractivity contribution in [2.24, 2.45) is 11.7 Å². The van der Waals surface area contributed by atoms with Gasteiger partial charge in [-0.2, -0.15) is 0 Å². The molecule has 0 saturated carbocycles. The molecular formula is C14H20N4. The Labute approximate surface area is 108 Å². The number of nitrogens with two attached hydrogens (primary N) is 1. The van der Waals surface area contributed by atoms with Crippen molar-refractivity contribution in [3.8, 4) is 0 Å². The zero-order valence-electron chi connectivity index (χ0n) is 11.2. The molecule has 2 heterocycles. The fourth-order valence-corrected chi connectivity index (χ4v) is 1.87. The van der Waals surface area contributed by atoms with Gasteiger partial charge in [-0.3, -0.25) is 4.98 Å². The maximum Gasteiger partial charge on any atom is 0.0951 e. The first-order valence-corrected chi connectivity index (χ1v) is 6.25. The molecule has 18 heavy (non-hydrogen) atoms. The van der Waals surface area contributed by atoms with Crippen LogP contribution in [0.4, 0.5) is 0 Å². The van der Waals surface area contributed by atoms with E-state index in [1.54, 1.807) is 0 Å². The van der Waals surface area contributed by atoms with Gasteiger partial charge >= 0.3 is 0 Å². The van der Waals surface area contributed by atoms with Crippen LogP contribution in [0, 0.1) is 12.8 Å². The average molecular weight is 244 g/mol. The second-order valence-corrected chi connectivity index (χ2v) is 5.02. The molecule has 2 rings (SSSR count). The summed E-state index contributed by atoms with van der Waals surface area (Å²) < 4.78 is 2.09. The molecule has 0 bridgehead atoms. The molecule has 0 fully saturated rings. The molecule has 96 valence electrons. The van der Waals surface area contributed by atoms with Crippen molar-refractivity contribution < 1.29 is 0 Å². The van der Waals surface area contributed by atoms with Crippen molar-refractivity contribution >= 4 is 0 Å². The first-order chi connectivity index (χ1) is 8.58. The lowest BCUT2D eigenvalue weighted by Crippen LogP contribution is -2.20. The minimum absolute atomic E-state index is 0.0194. The smallest absolute Gasteiger partial charge is 0.0951 e. The van der Waals surface area contributed by atoms with E-state index in [1.807, 2.05) is 31.7 Å². The fourth-order valence-electron chi connectivity index (χ4n) is 1.87. The Balaban J connectivity index is 2.19. The molecule has 0 saturated heterocycles. The molecule has 0 spiro atoms. The van der Waals surface area contributed by atoms with E-state index in [0.717, 1.165) is 23.5 Å². The summed E-state index contributed by atoms with van der Waals surface area (Å²) in [5, 5.41) is 0. The predicted octanol–water partition coefficient (Wildman–Crippen LogP) is 2.29. The molecule has 0 aromatic carbocycles. The van der Waals surface area contributed by atoms with Gasteiger partial charge < -0.3 is 10.3 Å². The number of aromatic nitrogens is 3. The maximum absolute atomic E-state index is 6.18. The summed E-state index contributed by atoms with van der Waals surface area (Å²) >= 11 is 0. The molecular weight excluding hydrogens is 224 g/mol. The van der Waals surface area contributed by atoms with Crippen LogP contribution in [-0.4, -0.2) is 14.5 Å². The van der Waals surface area contributed by atoms with Gasteiger partial charge in [0.1, 0.15) is 0 Å². The van der Waals surface area contributed by atoms with Crippen molar-refractivity contribution in [3.63, 3.8) is 0 Å². The first kappa shape index (κ1) is 12.8. The molecule has 4 heteroatoms. The lowest BCUT2D eigenvalue weighted by atomic mass is 10.0. The number of hydrogen-bond acceptors (Lipinski definition) is 3. The minimum atomic E-state index is 0.0194. The van der Waals surface area contributed by atoms with Gasteiger partial charge in [0.15, 0.2) is 0 Å². The molecule has 0 radical (unpaired) electrons. The summed E-state index contributed by atoms with van der Waals surface area (Å²) in [4.78, 5) is 8.51. The van der Waals surface area contributed by atoms with Gasteiger partial charge in [0.25, 0.3) is 0 Å². The third-order valence-electron chi connectivity index (χ3n) is 3.13. The standard InChI is InChI=1S/C14H20N4/c1-10(2)14(15)13-7-16-9-18(13)8-12-5-4-11(3)17-6-12/h4-7,9-10,14H,8,15H2,1-3H3. The van der Waals surface area contributed by atoms with Crippen molar-refractivity contribution in [1.82, 2.24) is 14.5 Å². The molecule has 4 nitrogen and oxygen atoms in total. The molecule has 1 atom stereocenters. The van der Waals surface area contributed by atoms with Gasteiger partial charge in [-0.1, -0.05) is 19.9 Å². The number of aryl methyl sites for hydroxylation is 1. The number of pyridine rings is 1. The van der Waals surface area contributed by atoms with Crippen LogP contribution in [-0.2, 0) is 6.54 Å². The van der Waals surface area contributed by atoms with Crippen LogP contribution in [0.15, 0.2) is 30.9 Å². The highest BCUT2D eigenvalue weighted by Gasteiger charge is 2.15. The maximum atomic E-state index is 6.18. The van der Waals surface area contributed by atoms with Crippen LogP contribution < -0.4 is 5.73 Å². The normalized spacial score (nSPS) is 12.9. The van der Waals surface area contributed by atoms with E-state index < -0.39 is 0 Å². The number of rotatable bonds is 4. The van der Waals surface area contributed by atoms with Crippen LogP contribution in [0.2, 0.25) is 0 Å². The van der Waals surface area contributed by atoms with Crippen LogP contribution in [0.3, 0.4) is 0 Å². The number of imidazole rings is 1. The third-order valence-corrected chi connectivity index (χ3v) is 3.13. The van der Waals surface area contributed by atoms with E-state index >= 15 is 0 Å². The Kier molecular flexibility index (Phi) is 3.77. The molecule has 0 aliphatic rings. The summed E-state index contributed by atoms with van der Waals surface area (Å²) in [6.07, 6.45) is 5.59. The molecule has 2 aromatic rings. The van der Waals surface area contributed by atoms with Gasteiger partial charge in [-0.15, -0.1) is 0 Å². The van der Waals surface area contributed by atoms with E-state index in [-0.39, 0.29) is 6.04 Å². The minimum Gasteiger partial charge on any atom is -0.329 e. The van der Waals surface area contributed by atoms with Crippen LogP contribution in [0.1, 0.15) is 36.8 Å². The summed E-state index contributed by atoms with van der Waals surface area (Å²) in [7, 11) is 0. The molecule has 0 aliphatic heterocycles. The third kappa shape index (κ3) is 2.76. The van der Waals surface area contributed by atoms with Gasteiger partial charge in [-0.05, 0) is 24.5 Å². The van der Waals surface area contributed by atoms with Gasteiger partial charge in [-0.25, -0.2) is 4.98 Å². The topological polar surface area (TPSA) is 56.7 Å². The van der Waals surface area contributed by atoms with Gasteiger partial charge in [0, 0.05) is 24.1 Å². The van der Waals surface area contributed by atoms with E-state index in [0.29, 0.717) is 5.92 Å². The Bertz CT molecular complexity index is 499. The quantitative estimate of drug-likeness (QED) is 0.897. The molecule has 0 amide bonds. The van der Waals surface area contributed by atoms with Crippen molar-refractivity contribution in [3.05, 3.63) is 47.8 Å². The van der Waals surface area contributed by atoms with Crippen molar-refractivity contribution in [1.29, 1.82) is 0 Å². The second kappa shape index (κ2) is 5.31. The highest BCUT2D eigenvalue weighted by Crippen LogP contribution is 2.19. The van der Waals surface area contributed by atoms with E-state index in [1.165, 1.54) is 0 Å². The highest BCUT2D eigenvalue weighted by atomic mass is 15.1.